The van der Waals surface area contributed by atoms with E-state index in [1.807, 2.05) is 47.4 Å². The number of benzene rings is 2. The fourth-order valence-electron chi connectivity index (χ4n) is 4.46. The van der Waals surface area contributed by atoms with Crippen molar-refractivity contribution in [2.45, 2.75) is 12.1 Å². The van der Waals surface area contributed by atoms with Crippen molar-refractivity contribution in [3.8, 4) is 22.8 Å². The molecule has 6 rings (SSSR count). The fourth-order valence-corrected chi connectivity index (χ4v) is 5.02. The van der Waals surface area contributed by atoms with Gasteiger partial charge in [0.2, 0.25) is 6.79 Å². The second kappa shape index (κ2) is 8.85. The molecule has 4 aromatic rings. The summed E-state index contributed by atoms with van der Waals surface area (Å²) in [6.45, 7) is 0.166. The van der Waals surface area contributed by atoms with E-state index in [9.17, 15) is 9.90 Å². The maximum absolute atomic E-state index is 11.5. The number of carboxylic acids is 1. The predicted octanol–water partition coefficient (Wildman–Crippen LogP) is 5.60. The van der Waals surface area contributed by atoms with Gasteiger partial charge in [-0.25, -0.2) is 4.79 Å². The molecule has 0 amide bonds. The lowest BCUT2D eigenvalue weighted by molar-refractivity contribution is 0.0697. The fraction of sp³-hybridized carbons (Fsp3) is 0.115. The van der Waals surface area contributed by atoms with Gasteiger partial charge in [-0.1, -0.05) is 17.7 Å². The van der Waals surface area contributed by atoms with Crippen LogP contribution in [0.4, 0.5) is 5.69 Å². The number of hydrogen-bond acceptors (Lipinski definition) is 6. The zero-order valence-electron chi connectivity index (χ0n) is 18.6. The average molecular weight is 520 g/mol. The van der Waals surface area contributed by atoms with Gasteiger partial charge in [-0.15, -0.1) is 0 Å². The van der Waals surface area contributed by atoms with Crippen LogP contribution in [0.15, 0.2) is 77.3 Å². The first-order chi connectivity index (χ1) is 17.5. The molecular weight excluding hydrogens is 502 g/mol. The molecule has 2 N–H and O–H groups in total. The molecule has 2 aliphatic heterocycles. The molecule has 2 atom stereocenters. The Hall–Kier alpha value is -4.08. The van der Waals surface area contributed by atoms with Gasteiger partial charge in [0.05, 0.1) is 22.3 Å². The first-order valence-corrected chi connectivity index (χ1v) is 11.8. The van der Waals surface area contributed by atoms with Crippen LogP contribution in [-0.4, -0.2) is 28.0 Å². The number of aromatic carboxylic acids is 1. The highest BCUT2D eigenvalue weighted by Gasteiger charge is 2.43. The maximum Gasteiger partial charge on any atom is 0.335 e. The summed E-state index contributed by atoms with van der Waals surface area (Å²) in [5.41, 5.74) is 2.19. The van der Waals surface area contributed by atoms with Gasteiger partial charge in [-0.3, -0.25) is 4.98 Å². The van der Waals surface area contributed by atoms with E-state index in [0.717, 1.165) is 11.4 Å². The normalized spacial score (nSPS) is 18.4. The zero-order chi connectivity index (χ0) is 24.8. The van der Waals surface area contributed by atoms with Gasteiger partial charge in [0.25, 0.3) is 0 Å². The van der Waals surface area contributed by atoms with Gasteiger partial charge < -0.3 is 29.2 Å². The number of pyridine rings is 1. The summed E-state index contributed by atoms with van der Waals surface area (Å²) in [5, 5.41) is 13.7. The van der Waals surface area contributed by atoms with Crippen molar-refractivity contribution in [3.05, 3.63) is 95.0 Å². The quantitative estimate of drug-likeness (QED) is 0.326. The van der Waals surface area contributed by atoms with Gasteiger partial charge in [-0.05, 0) is 66.8 Å². The minimum atomic E-state index is -1.05. The molecule has 36 heavy (non-hydrogen) atoms. The van der Waals surface area contributed by atoms with E-state index in [0.29, 0.717) is 38.7 Å². The number of fused-ring (bicyclic) bond motifs is 1. The lowest BCUT2D eigenvalue weighted by Crippen LogP contribution is -2.29. The molecule has 0 bridgehead atoms. The Morgan fingerprint density at radius 2 is 1.94 bits per heavy atom. The van der Waals surface area contributed by atoms with Crippen LogP contribution < -0.4 is 19.7 Å². The number of carbonyl (C=O) groups is 1. The van der Waals surface area contributed by atoms with Gasteiger partial charge in [0, 0.05) is 23.5 Å². The third-order valence-corrected chi connectivity index (χ3v) is 6.77. The third-order valence-electron chi connectivity index (χ3n) is 6.13. The van der Waals surface area contributed by atoms with E-state index in [2.05, 4.69) is 10.3 Å². The highest BCUT2D eigenvalue weighted by Crippen LogP contribution is 2.45. The summed E-state index contributed by atoms with van der Waals surface area (Å²) < 4.78 is 17.4. The van der Waals surface area contributed by atoms with Crippen LogP contribution in [0.3, 0.4) is 0 Å². The van der Waals surface area contributed by atoms with Crippen molar-refractivity contribution in [1.29, 1.82) is 0 Å². The monoisotopic (exact) mass is 519 g/mol. The van der Waals surface area contributed by atoms with Crippen LogP contribution in [0.1, 0.15) is 33.9 Å². The van der Waals surface area contributed by atoms with E-state index in [-0.39, 0.29) is 18.4 Å². The molecule has 180 valence electrons. The van der Waals surface area contributed by atoms with Crippen LogP contribution in [-0.2, 0) is 0 Å². The Morgan fingerprint density at radius 3 is 2.75 bits per heavy atom. The Kier molecular flexibility index (Phi) is 5.50. The van der Waals surface area contributed by atoms with Gasteiger partial charge >= 0.3 is 5.97 Å². The smallest absolute Gasteiger partial charge is 0.335 e. The molecule has 2 aromatic heterocycles. The molecule has 8 nitrogen and oxygen atoms in total. The maximum atomic E-state index is 11.5. The predicted molar refractivity (Wildman–Crippen MR) is 137 cm³/mol. The molecule has 2 aromatic carbocycles. The molecule has 0 unspecified atom stereocenters. The minimum absolute atomic E-state index is 0.115. The number of nitrogens with zero attached hydrogens (tertiary/aromatic N) is 2. The van der Waals surface area contributed by atoms with Crippen molar-refractivity contribution in [1.82, 2.24) is 10.3 Å². The van der Waals surface area contributed by atoms with E-state index in [1.54, 1.807) is 18.3 Å². The summed E-state index contributed by atoms with van der Waals surface area (Å²) in [7, 11) is 0. The number of halogens is 1. The molecule has 4 heterocycles. The van der Waals surface area contributed by atoms with Gasteiger partial charge in [-0.2, -0.15) is 0 Å². The third kappa shape index (κ3) is 3.82. The highest BCUT2D eigenvalue weighted by atomic mass is 35.5. The Balaban J connectivity index is 1.45. The number of rotatable bonds is 5. The van der Waals surface area contributed by atoms with Crippen molar-refractivity contribution >= 4 is 40.6 Å². The molecule has 0 spiro atoms. The van der Waals surface area contributed by atoms with Crippen LogP contribution >= 0.6 is 23.8 Å². The van der Waals surface area contributed by atoms with Crippen molar-refractivity contribution in [3.63, 3.8) is 0 Å². The lowest BCUT2D eigenvalue weighted by Gasteiger charge is -2.26. The number of nitrogens with one attached hydrogen (secondary N) is 1. The van der Waals surface area contributed by atoms with Crippen LogP contribution in [0.5, 0.6) is 11.5 Å². The largest absolute Gasteiger partial charge is 0.478 e. The second-order valence-corrected chi connectivity index (χ2v) is 9.03. The van der Waals surface area contributed by atoms with Crippen molar-refractivity contribution in [2.75, 3.05) is 11.7 Å². The topological polar surface area (TPSA) is 97.1 Å². The van der Waals surface area contributed by atoms with Crippen molar-refractivity contribution < 1.29 is 23.8 Å². The van der Waals surface area contributed by atoms with Crippen LogP contribution in [0.25, 0.3) is 11.3 Å². The summed E-state index contributed by atoms with van der Waals surface area (Å²) in [6.07, 6.45) is 1.73. The molecule has 10 heteroatoms. The first-order valence-electron chi connectivity index (χ1n) is 11.0. The second-order valence-electron chi connectivity index (χ2n) is 8.24. The Bertz CT molecular complexity index is 1490. The Morgan fingerprint density at radius 1 is 1.08 bits per heavy atom. The van der Waals surface area contributed by atoms with Gasteiger partial charge in [0.15, 0.2) is 16.6 Å². The van der Waals surface area contributed by atoms with E-state index >= 15 is 0 Å². The van der Waals surface area contributed by atoms with E-state index in [1.165, 1.54) is 12.1 Å². The molecule has 0 aliphatic carbocycles. The Labute approximate surface area is 216 Å². The van der Waals surface area contributed by atoms with Crippen LogP contribution in [0, 0.1) is 0 Å². The molecule has 1 saturated heterocycles. The summed E-state index contributed by atoms with van der Waals surface area (Å²) in [5.74, 6) is 1.30. The average Bonchev–Trinajstić information content (AvgIpc) is 3.62. The molecular formula is C26H18ClN3O5S. The molecule has 0 saturated carbocycles. The number of anilines is 1. The van der Waals surface area contributed by atoms with Crippen LogP contribution in [0.2, 0.25) is 5.02 Å². The lowest BCUT2D eigenvalue weighted by atomic mass is 10.0. The molecule has 1 fully saturated rings. The molecule has 2 aliphatic rings. The highest BCUT2D eigenvalue weighted by molar-refractivity contribution is 7.80. The van der Waals surface area contributed by atoms with E-state index < -0.39 is 12.0 Å². The first kappa shape index (κ1) is 22.4. The summed E-state index contributed by atoms with van der Waals surface area (Å²) >= 11 is 12.2. The van der Waals surface area contributed by atoms with E-state index in [4.69, 9.17) is 37.7 Å². The number of ether oxygens (including phenoxy) is 2. The number of hydrogen-bond donors (Lipinski definition) is 2. The van der Waals surface area contributed by atoms with Gasteiger partial charge in [0.1, 0.15) is 17.6 Å². The SMILES string of the molecule is O=C(O)c1ccc(Cl)c(-c2ccc([C@H]3[C@@H](c4ccccn4)NC(=S)N3c3ccc4c(c3)OCO4)o2)c1. The number of furan rings is 1. The number of aromatic nitrogens is 1. The summed E-state index contributed by atoms with van der Waals surface area (Å²) in [4.78, 5) is 18.0. The standard InChI is InChI=1S/C26H18ClN3O5S/c27-17-6-4-14(25(31)32)11-16(17)19-8-9-21(35-19)24-23(18-3-1-2-10-28-18)29-26(36)30(24)15-5-7-20-22(12-15)34-13-33-20/h1-12,23-24H,13H2,(H,29,36)(H,31,32)/t23-,24+/m1/s1. The van der Waals surface area contributed by atoms with Crippen molar-refractivity contribution in [2.24, 2.45) is 0 Å². The minimum Gasteiger partial charge on any atom is -0.478 e. The molecule has 0 radical (unpaired) electrons. The zero-order valence-corrected chi connectivity index (χ0v) is 20.1. The number of thiocarbonyl (C=S) groups is 1. The summed E-state index contributed by atoms with van der Waals surface area (Å²) in [6, 6.07) is 18.7. The number of carboxylic acid groups (broad SMARTS) is 1.